The van der Waals surface area contributed by atoms with Gasteiger partial charge < -0.3 is 11.5 Å². The number of nitrogens with two attached hydrogens (primary N) is 2. The summed E-state index contributed by atoms with van der Waals surface area (Å²) < 4.78 is 1.04. The maximum absolute atomic E-state index is 11.5. The van der Waals surface area contributed by atoms with Crippen LogP contribution in [0.3, 0.4) is 0 Å². The molecule has 0 aromatic heterocycles. The number of carbonyl (C=O) groups excluding carboxylic acids is 1. The molecule has 1 saturated heterocycles. The third-order valence-corrected chi connectivity index (χ3v) is 4.49. The minimum atomic E-state index is -0.431. The maximum atomic E-state index is 11.5. The summed E-state index contributed by atoms with van der Waals surface area (Å²) in [5.74, 6) is -0.222. The molecule has 1 heterocycles. The van der Waals surface area contributed by atoms with Gasteiger partial charge in [0.2, 0.25) is 5.91 Å². The van der Waals surface area contributed by atoms with Gasteiger partial charge in [0.05, 0.1) is 5.41 Å². The molecule has 104 valence electrons. The second-order valence-corrected chi connectivity index (χ2v) is 6.37. The van der Waals surface area contributed by atoms with Gasteiger partial charge in [0.15, 0.2) is 0 Å². The molecule has 2 rings (SSSR count). The van der Waals surface area contributed by atoms with Gasteiger partial charge in [-0.3, -0.25) is 9.69 Å². The van der Waals surface area contributed by atoms with Gasteiger partial charge in [-0.1, -0.05) is 28.1 Å². The van der Waals surface area contributed by atoms with E-state index in [1.807, 2.05) is 19.1 Å². The molecule has 4 nitrogen and oxygen atoms in total. The molecular formula is C14H20BrN3O. The number of hydrogen-bond acceptors (Lipinski definition) is 3. The van der Waals surface area contributed by atoms with Crippen molar-refractivity contribution in [3.05, 3.63) is 34.3 Å². The van der Waals surface area contributed by atoms with Crippen LogP contribution in [0, 0.1) is 5.41 Å². The number of likely N-dealkylation sites (tertiary alicyclic amines) is 1. The maximum Gasteiger partial charge on any atom is 0.224 e. The standard InChI is InChI=1S/C14H20BrN3O/c1-14(13(17)19)5-6-18(9-14)12(8-16)10-3-2-4-11(15)7-10/h2-4,7,12H,5-6,8-9,16H2,1H3,(H2,17,19). The zero-order chi connectivity index (χ0) is 14.0. The summed E-state index contributed by atoms with van der Waals surface area (Å²) in [5, 5.41) is 0. The van der Waals surface area contributed by atoms with Crippen molar-refractivity contribution in [2.45, 2.75) is 19.4 Å². The molecule has 1 aromatic rings. The minimum absolute atomic E-state index is 0.138. The predicted molar refractivity (Wildman–Crippen MR) is 79.4 cm³/mol. The molecule has 2 atom stereocenters. The topological polar surface area (TPSA) is 72.4 Å². The normalized spacial score (nSPS) is 25.4. The molecule has 4 N–H and O–H groups in total. The van der Waals surface area contributed by atoms with Crippen LogP contribution in [0.4, 0.5) is 0 Å². The number of amides is 1. The van der Waals surface area contributed by atoms with E-state index in [0.29, 0.717) is 13.1 Å². The van der Waals surface area contributed by atoms with Crippen molar-refractivity contribution in [1.82, 2.24) is 4.90 Å². The van der Waals surface area contributed by atoms with E-state index in [9.17, 15) is 4.79 Å². The van der Waals surface area contributed by atoms with Gasteiger partial charge in [-0.05, 0) is 37.6 Å². The molecule has 1 amide bonds. The summed E-state index contributed by atoms with van der Waals surface area (Å²) >= 11 is 3.48. The summed E-state index contributed by atoms with van der Waals surface area (Å²) in [6.07, 6.45) is 0.798. The van der Waals surface area contributed by atoms with Crippen LogP contribution in [0.15, 0.2) is 28.7 Å². The molecular weight excluding hydrogens is 306 g/mol. The Kier molecular flexibility index (Phi) is 4.28. The van der Waals surface area contributed by atoms with Crippen molar-refractivity contribution in [1.29, 1.82) is 0 Å². The first kappa shape index (κ1) is 14.5. The Morgan fingerprint density at radius 1 is 1.58 bits per heavy atom. The number of nitrogens with zero attached hydrogens (tertiary/aromatic N) is 1. The van der Waals surface area contributed by atoms with E-state index in [2.05, 4.69) is 33.0 Å². The van der Waals surface area contributed by atoms with E-state index >= 15 is 0 Å². The van der Waals surface area contributed by atoms with Crippen LogP contribution < -0.4 is 11.5 Å². The molecule has 1 aromatic carbocycles. The summed E-state index contributed by atoms with van der Waals surface area (Å²) in [6.45, 7) is 4.00. The van der Waals surface area contributed by atoms with Crippen molar-refractivity contribution in [2.75, 3.05) is 19.6 Å². The van der Waals surface area contributed by atoms with Crippen LogP contribution in [0.1, 0.15) is 24.9 Å². The Balaban J connectivity index is 2.18. The summed E-state index contributed by atoms with van der Waals surface area (Å²) in [7, 11) is 0. The highest BCUT2D eigenvalue weighted by Gasteiger charge is 2.41. The van der Waals surface area contributed by atoms with Crippen molar-refractivity contribution < 1.29 is 4.79 Å². The first-order valence-electron chi connectivity index (χ1n) is 6.46. The molecule has 0 aliphatic carbocycles. The molecule has 0 bridgehead atoms. The van der Waals surface area contributed by atoms with Gasteiger partial charge in [-0.15, -0.1) is 0 Å². The average molecular weight is 326 g/mol. The Morgan fingerprint density at radius 2 is 2.32 bits per heavy atom. The highest BCUT2D eigenvalue weighted by molar-refractivity contribution is 9.10. The van der Waals surface area contributed by atoms with Crippen molar-refractivity contribution in [3.63, 3.8) is 0 Å². The van der Waals surface area contributed by atoms with Gasteiger partial charge in [0.1, 0.15) is 0 Å². The van der Waals surface area contributed by atoms with E-state index in [-0.39, 0.29) is 11.9 Å². The number of halogens is 1. The van der Waals surface area contributed by atoms with E-state index in [1.54, 1.807) is 0 Å². The second-order valence-electron chi connectivity index (χ2n) is 5.45. The monoisotopic (exact) mass is 325 g/mol. The van der Waals surface area contributed by atoms with Crippen LogP contribution in [-0.2, 0) is 4.79 Å². The molecule has 5 heteroatoms. The number of rotatable bonds is 4. The van der Waals surface area contributed by atoms with Crippen LogP contribution in [-0.4, -0.2) is 30.4 Å². The molecule has 0 radical (unpaired) electrons. The number of hydrogen-bond donors (Lipinski definition) is 2. The molecule has 19 heavy (non-hydrogen) atoms. The summed E-state index contributed by atoms with van der Waals surface area (Å²) in [6, 6.07) is 8.29. The minimum Gasteiger partial charge on any atom is -0.369 e. The fourth-order valence-electron chi connectivity index (χ4n) is 2.67. The first-order valence-corrected chi connectivity index (χ1v) is 7.25. The molecule has 2 unspecified atom stereocenters. The van der Waals surface area contributed by atoms with Crippen LogP contribution in [0.5, 0.6) is 0 Å². The first-order chi connectivity index (χ1) is 8.96. The largest absolute Gasteiger partial charge is 0.369 e. The van der Waals surface area contributed by atoms with Gasteiger partial charge >= 0.3 is 0 Å². The molecule has 1 fully saturated rings. The lowest BCUT2D eigenvalue weighted by atomic mass is 9.89. The lowest BCUT2D eigenvalue weighted by Crippen LogP contribution is -2.39. The van der Waals surface area contributed by atoms with Crippen molar-refractivity contribution >= 4 is 21.8 Å². The van der Waals surface area contributed by atoms with Gasteiger partial charge in [0.25, 0.3) is 0 Å². The molecule has 0 saturated carbocycles. The van der Waals surface area contributed by atoms with E-state index in [0.717, 1.165) is 17.4 Å². The van der Waals surface area contributed by atoms with E-state index < -0.39 is 5.41 Å². The SMILES string of the molecule is CC1(C(N)=O)CCN(C(CN)c2cccc(Br)c2)C1. The van der Waals surface area contributed by atoms with Crippen LogP contribution >= 0.6 is 15.9 Å². The number of carbonyl (C=O) groups is 1. The quantitative estimate of drug-likeness (QED) is 0.884. The fraction of sp³-hybridized carbons (Fsp3) is 0.500. The Labute approximate surface area is 122 Å². The van der Waals surface area contributed by atoms with Crippen molar-refractivity contribution in [2.24, 2.45) is 16.9 Å². The smallest absolute Gasteiger partial charge is 0.224 e. The molecule has 1 aliphatic rings. The number of benzene rings is 1. The Morgan fingerprint density at radius 3 is 2.84 bits per heavy atom. The predicted octanol–water partition coefficient (Wildman–Crippen LogP) is 1.65. The highest BCUT2D eigenvalue weighted by Crippen LogP contribution is 2.35. The third-order valence-electron chi connectivity index (χ3n) is 4.00. The van der Waals surface area contributed by atoms with Gasteiger partial charge in [0, 0.05) is 23.6 Å². The average Bonchev–Trinajstić information content (AvgIpc) is 2.74. The zero-order valence-corrected chi connectivity index (χ0v) is 12.7. The van der Waals surface area contributed by atoms with E-state index in [4.69, 9.17) is 11.5 Å². The summed E-state index contributed by atoms with van der Waals surface area (Å²) in [4.78, 5) is 13.8. The van der Waals surface area contributed by atoms with Gasteiger partial charge in [-0.25, -0.2) is 0 Å². The van der Waals surface area contributed by atoms with Crippen molar-refractivity contribution in [3.8, 4) is 0 Å². The van der Waals surface area contributed by atoms with Crippen LogP contribution in [0.2, 0.25) is 0 Å². The molecule has 1 aliphatic heterocycles. The van der Waals surface area contributed by atoms with Gasteiger partial charge in [-0.2, -0.15) is 0 Å². The van der Waals surface area contributed by atoms with E-state index in [1.165, 1.54) is 5.56 Å². The molecule has 0 spiro atoms. The summed E-state index contributed by atoms with van der Waals surface area (Å²) in [5.41, 5.74) is 12.2. The third kappa shape index (κ3) is 2.99. The Bertz CT molecular complexity index is 480. The Hall–Kier alpha value is -0.910. The number of primary amides is 1. The lowest BCUT2D eigenvalue weighted by Gasteiger charge is -2.28. The lowest BCUT2D eigenvalue weighted by molar-refractivity contribution is -0.126. The zero-order valence-electron chi connectivity index (χ0n) is 11.1. The van der Waals surface area contributed by atoms with Crippen LogP contribution in [0.25, 0.3) is 0 Å². The highest BCUT2D eigenvalue weighted by atomic mass is 79.9. The second kappa shape index (κ2) is 5.61. The fourth-order valence-corrected chi connectivity index (χ4v) is 3.09.